The molecule has 0 saturated carbocycles. The number of hydrogen-bond donors (Lipinski definition) is 0. The van der Waals surface area contributed by atoms with Gasteiger partial charge < -0.3 is 4.90 Å². The minimum absolute atomic E-state index is 0.0701. The van der Waals surface area contributed by atoms with Crippen molar-refractivity contribution in [3.05, 3.63) is 57.5 Å². The van der Waals surface area contributed by atoms with Crippen LogP contribution in [0.3, 0.4) is 0 Å². The van der Waals surface area contributed by atoms with Crippen molar-refractivity contribution in [3.63, 3.8) is 0 Å². The Morgan fingerprint density at radius 3 is 2.75 bits per heavy atom. The zero-order valence-corrected chi connectivity index (χ0v) is 14.9. The monoisotopic (exact) mass is 345 g/mol. The molecule has 0 radical (unpaired) electrons. The Bertz CT molecular complexity index is 679. The zero-order chi connectivity index (χ0) is 16.9. The number of unbranched alkanes of at least 4 members (excludes halogenated alkanes) is 3. The molecule has 0 fully saturated rings. The summed E-state index contributed by atoms with van der Waals surface area (Å²) in [5.41, 5.74) is 2.21. The highest BCUT2D eigenvalue weighted by Crippen LogP contribution is 2.38. The SMILES string of the molecule is CCCCCCC(=O)N1CCc2sccc2[C@@H]1c1ccc(F)cc1. The third-order valence-electron chi connectivity index (χ3n) is 4.72. The van der Waals surface area contributed by atoms with Crippen LogP contribution in [0.25, 0.3) is 0 Å². The van der Waals surface area contributed by atoms with E-state index in [0.717, 1.165) is 31.4 Å². The van der Waals surface area contributed by atoms with Crippen LogP contribution in [-0.4, -0.2) is 17.4 Å². The van der Waals surface area contributed by atoms with Gasteiger partial charge in [-0.3, -0.25) is 4.79 Å². The molecule has 128 valence electrons. The number of thiophene rings is 1. The lowest BCUT2D eigenvalue weighted by molar-refractivity contribution is -0.133. The molecule has 1 amide bonds. The molecule has 0 spiro atoms. The standard InChI is InChI=1S/C20H24FNOS/c1-2-3-4-5-6-19(23)22-13-11-18-17(12-14-24-18)20(22)15-7-9-16(21)10-8-15/h7-10,12,14,20H,2-6,11,13H2,1H3/t20-/m0/s1. The van der Waals surface area contributed by atoms with Crippen molar-refractivity contribution in [2.75, 3.05) is 6.54 Å². The minimum atomic E-state index is -0.238. The first-order valence-corrected chi connectivity index (χ1v) is 9.70. The lowest BCUT2D eigenvalue weighted by Gasteiger charge is -2.36. The molecule has 0 N–H and O–H groups in total. The summed E-state index contributed by atoms with van der Waals surface area (Å²) in [6.45, 7) is 2.93. The van der Waals surface area contributed by atoms with Crippen molar-refractivity contribution in [2.45, 2.75) is 51.5 Å². The maximum absolute atomic E-state index is 13.3. The van der Waals surface area contributed by atoms with Crippen molar-refractivity contribution < 1.29 is 9.18 Å². The van der Waals surface area contributed by atoms with Crippen molar-refractivity contribution in [1.29, 1.82) is 0 Å². The molecule has 24 heavy (non-hydrogen) atoms. The molecule has 2 nitrogen and oxygen atoms in total. The van der Waals surface area contributed by atoms with E-state index in [2.05, 4.69) is 18.4 Å². The fourth-order valence-corrected chi connectivity index (χ4v) is 4.34. The van der Waals surface area contributed by atoms with Crippen LogP contribution in [0.15, 0.2) is 35.7 Å². The van der Waals surface area contributed by atoms with Gasteiger partial charge in [-0.25, -0.2) is 4.39 Å². The summed E-state index contributed by atoms with van der Waals surface area (Å²) in [5, 5.41) is 2.09. The van der Waals surface area contributed by atoms with Crippen LogP contribution < -0.4 is 0 Å². The van der Waals surface area contributed by atoms with Gasteiger partial charge in [0.25, 0.3) is 0 Å². The number of hydrogen-bond acceptors (Lipinski definition) is 2. The van der Waals surface area contributed by atoms with Gasteiger partial charge in [0.05, 0.1) is 6.04 Å². The summed E-state index contributed by atoms with van der Waals surface area (Å²) in [6, 6.07) is 8.64. The number of fused-ring (bicyclic) bond motifs is 1. The number of carbonyl (C=O) groups is 1. The minimum Gasteiger partial charge on any atom is -0.331 e. The molecular weight excluding hydrogens is 321 g/mol. The third-order valence-corrected chi connectivity index (χ3v) is 5.71. The van der Waals surface area contributed by atoms with E-state index in [9.17, 15) is 9.18 Å². The molecule has 0 bridgehead atoms. The number of halogens is 1. The van der Waals surface area contributed by atoms with Crippen LogP contribution in [0.5, 0.6) is 0 Å². The first-order valence-electron chi connectivity index (χ1n) is 8.82. The Morgan fingerprint density at radius 1 is 1.21 bits per heavy atom. The molecule has 0 unspecified atom stereocenters. The summed E-state index contributed by atoms with van der Waals surface area (Å²) >= 11 is 1.75. The maximum atomic E-state index is 13.3. The normalized spacial score (nSPS) is 16.9. The van der Waals surface area contributed by atoms with Gasteiger partial charge in [-0.05, 0) is 47.5 Å². The van der Waals surface area contributed by atoms with Gasteiger partial charge in [-0.15, -0.1) is 11.3 Å². The Labute approximate surface area is 147 Å². The van der Waals surface area contributed by atoms with E-state index in [4.69, 9.17) is 0 Å². The third kappa shape index (κ3) is 3.69. The second-order valence-electron chi connectivity index (χ2n) is 6.40. The predicted octanol–water partition coefficient (Wildman–Crippen LogP) is 5.33. The molecule has 1 aromatic heterocycles. The van der Waals surface area contributed by atoms with E-state index in [-0.39, 0.29) is 17.8 Å². The average Bonchev–Trinajstić information content (AvgIpc) is 3.07. The smallest absolute Gasteiger partial charge is 0.223 e. The van der Waals surface area contributed by atoms with Crippen molar-refractivity contribution >= 4 is 17.2 Å². The van der Waals surface area contributed by atoms with Crippen LogP contribution in [0, 0.1) is 5.82 Å². The molecule has 1 aromatic carbocycles. The van der Waals surface area contributed by atoms with E-state index in [1.54, 1.807) is 11.3 Å². The first kappa shape index (κ1) is 17.2. The van der Waals surface area contributed by atoms with Crippen LogP contribution in [0.4, 0.5) is 4.39 Å². The van der Waals surface area contributed by atoms with Crippen LogP contribution in [0.2, 0.25) is 0 Å². The van der Waals surface area contributed by atoms with Crippen LogP contribution >= 0.6 is 11.3 Å². The van der Waals surface area contributed by atoms with Crippen molar-refractivity contribution in [1.82, 2.24) is 4.90 Å². The summed E-state index contributed by atoms with van der Waals surface area (Å²) in [4.78, 5) is 16.1. The van der Waals surface area contributed by atoms with Gasteiger partial charge >= 0.3 is 0 Å². The molecule has 2 aromatic rings. The van der Waals surface area contributed by atoms with Crippen LogP contribution in [-0.2, 0) is 11.2 Å². The Hall–Kier alpha value is -1.68. The van der Waals surface area contributed by atoms with E-state index < -0.39 is 0 Å². The lowest BCUT2D eigenvalue weighted by atomic mass is 9.92. The number of nitrogens with zero attached hydrogens (tertiary/aromatic N) is 1. The average molecular weight is 345 g/mol. The molecule has 4 heteroatoms. The largest absolute Gasteiger partial charge is 0.331 e. The molecule has 1 aliphatic rings. The van der Waals surface area contributed by atoms with Gasteiger partial charge in [0.15, 0.2) is 0 Å². The summed E-state index contributed by atoms with van der Waals surface area (Å²) in [7, 11) is 0. The van der Waals surface area contributed by atoms with Gasteiger partial charge in [-0.2, -0.15) is 0 Å². The van der Waals surface area contributed by atoms with Crippen molar-refractivity contribution in [3.8, 4) is 0 Å². The fourth-order valence-electron chi connectivity index (χ4n) is 3.44. The second kappa shape index (κ2) is 7.93. The molecular formula is C20H24FNOS. The molecule has 3 rings (SSSR count). The maximum Gasteiger partial charge on any atom is 0.223 e. The van der Waals surface area contributed by atoms with E-state index in [1.807, 2.05) is 17.0 Å². The van der Waals surface area contributed by atoms with Gasteiger partial charge in [0, 0.05) is 17.8 Å². The zero-order valence-electron chi connectivity index (χ0n) is 14.1. The van der Waals surface area contributed by atoms with Crippen LogP contribution in [0.1, 0.15) is 61.1 Å². The van der Waals surface area contributed by atoms with Crippen molar-refractivity contribution in [2.24, 2.45) is 0 Å². The first-order chi connectivity index (χ1) is 11.7. The molecule has 0 aliphatic carbocycles. The summed E-state index contributed by atoms with van der Waals surface area (Å²) < 4.78 is 13.3. The number of rotatable bonds is 6. The number of amides is 1. The van der Waals surface area contributed by atoms with Gasteiger partial charge in [0.2, 0.25) is 5.91 Å². The second-order valence-corrected chi connectivity index (χ2v) is 7.40. The Balaban J connectivity index is 1.82. The summed E-state index contributed by atoms with van der Waals surface area (Å²) in [6.07, 6.45) is 5.96. The predicted molar refractivity (Wildman–Crippen MR) is 96.7 cm³/mol. The van der Waals surface area contributed by atoms with Gasteiger partial charge in [-0.1, -0.05) is 38.3 Å². The Morgan fingerprint density at radius 2 is 2.00 bits per heavy atom. The number of carbonyl (C=O) groups excluding carboxylic acids is 1. The van der Waals surface area contributed by atoms with E-state index in [0.29, 0.717) is 6.42 Å². The molecule has 0 saturated heterocycles. The molecule has 1 atom stereocenters. The highest BCUT2D eigenvalue weighted by atomic mass is 32.1. The van der Waals surface area contributed by atoms with Gasteiger partial charge in [0.1, 0.15) is 5.82 Å². The highest BCUT2D eigenvalue weighted by molar-refractivity contribution is 7.10. The molecule has 1 aliphatic heterocycles. The van der Waals surface area contributed by atoms with E-state index >= 15 is 0 Å². The quantitative estimate of drug-likeness (QED) is 0.648. The fraction of sp³-hybridized carbons (Fsp3) is 0.450. The molecule has 2 heterocycles. The highest BCUT2D eigenvalue weighted by Gasteiger charge is 2.32. The number of benzene rings is 1. The van der Waals surface area contributed by atoms with E-state index in [1.165, 1.54) is 35.4 Å². The topological polar surface area (TPSA) is 20.3 Å². The Kier molecular flexibility index (Phi) is 5.67. The summed E-state index contributed by atoms with van der Waals surface area (Å²) in [5.74, 6) is -0.0187. The lowest BCUT2D eigenvalue weighted by Crippen LogP contribution is -2.40.